The molecule has 0 atom stereocenters. The highest BCUT2D eigenvalue weighted by molar-refractivity contribution is 8.01. The number of aryl methyl sites for hydroxylation is 2. The van der Waals surface area contributed by atoms with Gasteiger partial charge in [-0.15, -0.1) is 10.2 Å². The number of rotatable bonds is 4. The number of aromatic amines is 1. The first kappa shape index (κ1) is 15.5. The van der Waals surface area contributed by atoms with Crippen molar-refractivity contribution >= 4 is 29.0 Å². The molecule has 6 nitrogen and oxygen atoms in total. The van der Waals surface area contributed by atoms with Crippen molar-refractivity contribution in [3.63, 3.8) is 0 Å². The van der Waals surface area contributed by atoms with Crippen molar-refractivity contribution in [2.75, 3.05) is 12.3 Å². The van der Waals surface area contributed by atoms with Crippen LogP contribution >= 0.6 is 23.1 Å². The van der Waals surface area contributed by atoms with Crippen LogP contribution in [0.3, 0.4) is 0 Å². The summed E-state index contributed by atoms with van der Waals surface area (Å²) in [5.74, 6) is 1.66. The molecule has 0 saturated carbocycles. The summed E-state index contributed by atoms with van der Waals surface area (Å²) in [5, 5.41) is 12.0. The average molecular weight is 337 g/mol. The standard InChI is InChI=1S/C14H19N5OS2/c1-8-18-19-13(22-8)21-5-4-10-16-9-6-14(2,3)7-15-12(20)11(9)17-10/h4-7H2,1-3H3,(H,15,20)(H,16,17). The number of H-pyrrole nitrogens is 1. The second-order valence-corrected chi connectivity index (χ2v) is 8.74. The Labute approximate surface area is 137 Å². The van der Waals surface area contributed by atoms with Crippen LogP contribution in [0.4, 0.5) is 0 Å². The summed E-state index contributed by atoms with van der Waals surface area (Å²) in [7, 11) is 0. The van der Waals surface area contributed by atoms with Gasteiger partial charge in [-0.3, -0.25) is 4.79 Å². The third-order valence-corrected chi connectivity index (χ3v) is 5.47. The number of carbonyl (C=O) groups is 1. The van der Waals surface area contributed by atoms with Crippen LogP contribution in [0.25, 0.3) is 0 Å². The first-order chi connectivity index (χ1) is 10.4. The molecule has 3 heterocycles. The predicted octanol–water partition coefficient (Wildman–Crippen LogP) is 2.22. The molecule has 1 amide bonds. The Bertz CT molecular complexity index is 691. The van der Waals surface area contributed by atoms with Gasteiger partial charge >= 0.3 is 0 Å². The minimum atomic E-state index is -0.0736. The van der Waals surface area contributed by atoms with Gasteiger partial charge in [0.05, 0.1) is 0 Å². The number of hydrogen-bond donors (Lipinski definition) is 2. The average Bonchev–Trinajstić information content (AvgIpc) is 3.00. The zero-order valence-corrected chi connectivity index (χ0v) is 14.5. The molecule has 0 bridgehead atoms. The van der Waals surface area contributed by atoms with Crippen LogP contribution in [-0.4, -0.2) is 38.4 Å². The van der Waals surface area contributed by atoms with E-state index in [1.807, 2.05) is 6.92 Å². The smallest absolute Gasteiger partial charge is 0.271 e. The molecule has 3 rings (SSSR count). The Morgan fingerprint density at radius 1 is 1.36 bits per heavy atom. The van der Waals surface area contributed by atoms with E-state index in [9.17, 15) is 4.79 Å². The highest BCUT2D eigenvalue weighted by Gasteiger charge is 2.29. The van der Waals surface area contributed by atoms with E-state index in [-0.39, 0.29) is 11.3 Å². The summed E-state index contributed by atoms with van der Waals surface area (Å²) in [5.41, 5.74) is 1.55. The van der Waals surface area contributed by atoms with Crippen molar-refractivity contribution < 1.29 is 4.79 Å². The van der Waals surface area contributed by atoms with Crippen molar-refractivity contribution in [3.05, 3.63) is 22.2 Å². The maximum atomic E-state index is 12.1. The van der Waals surface area contributed by atoms with Crippen molar-refractivity contribution in [1.82, 2.24) is 25.5 Å². The quantitative estimate of drug-likeness (QED) is 0.836. The number of imidazole rings is 1. The third kappa shape index (κ3) is 3.49. The normalized spacial score (nSPS) is 17.0. The first-order valence-corrected chi connectivity index (χ1v) is 9.02. The lowest BCUT2D eigenvalue weighted by Crippen LogP contribution is -2.32. The molecule has 0 spiro atoms. The maximum absolute atomic E-state index is 12.1. The fourth-order valence-electron chi connectivity index (χ4n) is 2.41. The zero-order valence-electron chi connectivity index (χ0n) is 12.9. The molecule has 2 N–H and O–H groups in total. The van der Waals surface area contributed by atoms with Crippen molar-refractivity contribution in [2.45, 2.75) is 38.0 Å². The topological polar surface area (TPSA) is 83.6 Å². The largest absolute Gasteiger partial charge is 0.350 e. The molecule has 1 aliphatic heterocycles. The summed E-state index contributed by atoms with van der Waals surface area (Å²) in [4.78, 5) is 19.9. The molecule has 2 aromatic rings. The van der Waals surface area contributed by atoms with Gasteiger partial charge in [0.25, 0.3) is 5.91 Å². The molecular formula is C14H19N5OS2. The number of fused-ring (bicyclic) bond motifs is 1. The Morgan fingerprint density at radius 3 is 2.91 bits per heavy atom. The number of thioether (sulfide) groups is 1. The van der Waals surface area contributed by atoms with Crippen molar-refractivity contribution in [2.24, 2.45) is 5.41 Å². The van der Waals surface area contributed by atoms with Gasteiger partial charge in [-0.05, 0) is 18.8 Å². The Hall–Kier alpha value is -1.41. The second kappa shape index (κ2) is 6.00. The fraction of sp³-hybridized carbons (Fsp3) is 0.571. The molecule has 0 unspecified atom stereocenters. The van der Waals surface area contributed by atoms with E-state index < -0.39 is 0 Å². The molecule has 2 aromatic heterocycles. The molecule has 0 saturated heterocycles. The highest BCUT2D eigenvalue weighted by atomic mass is 32.2. The molecule has 0 radical (unpaired) electrons. The number of aromatic nitrogens is 4. The van der Waals surface area contributed by atoms with Crippen LogP contribution in [0, 0.1) is 12.3 Å². The first-order valence-electron chi connectivity index (χ1n) is 7.22. The SMILES string of the molecule is Cc1nnc(SCCc2nc3c([nH]2)CC(C)(C)CNC3=O)s1. The molecular weight excluding hydrogens is 318 g/mol. The van der Waals surface area contributed by atoms with Gasteiger partial charge in [0.2, 0.25) is 0 Å². The van der Waals surface area contributed by atoms with Gasteiger partial charge in [0.1, 0.15) is 16.5 Å². The Morgan fingerprint density at radius 2 is 2.18 bits per heavy atom. The van der Waals surface area contributed by atoms with E-state index in [2.05, 4.69) is 39.3 Å². The summed E-state index contributed by atoms with van der Waals surface area (Å²) in [6, 6.07) is 0. The molecule has 22 heavy (non-hydrogen) atoms. The summed E-state index contributed by atoms with van der Waals surface area (Å²) < 4.78 is 0.976. The van der Waals surface area contributed by atoms with E-state index in [4.69, 9.17) is 0 Å². The van der Waals surface area contributed by atoms with Crippen LogP contribution < -0.4 is 5.32 Å². The fourth-order valence-corrected chi connectivity index (χ4v) is 4.25. The third-order valence-electron chi connectivity index (χ3n) is 3.50. The van der Waals surface area contributed by atoms with E-state index >= 15 is 0 Å². The molecule has 1 aliphatic rings. The minimum absolute atomic E-state index is 0.0452. The van der Waals surface area contributed by atoms with Gasteiger partial charge in [-0.25, -0.2) is 4.98 Å². The summed E-state index contributed by atoms with van der Waals surface area (Å²) in [6.07, 6.45) is 1.61. The Balaban J connectivity index is 1.66. The van der Waals surface area contributed by atoms with Gasteiger partial charge in [-0.2, -0.15) is 0 Å². The van der Waals surface area contributed by atoms with Crippen LogP contribution in [0.5, 0.6) is 0 Å². The number of carbonyl (C=O) groups excluding carboxylic acids is 1. The van der Waals surface area contributed by atoms with Gasteiger partial charge in [0.15, 0.2) is 4.34 Å². The molecule has 0 aromatic carbocycles. The zero-order chi connectivity index (χ0) is 15.7. The van der Waals surface area contributed by atoms with Gasteiger partial charge in [0, 0.05) is 24.4 Å². The Kier molecular flexibility index (Phi) is 4.22. The number of hydrogen-bond acceptors (Lipinski definition) is 6. The highest BCUT2D eigenvalue weighted by Crippen LogP contribution is 2.26. The van der Waals surface area contributed by atoms with E-state index in [1.54, 1.807) is 23.1 Å². The minimum Gasteiger partial charge on any atom is -0.350 e. The lowest BCUT2D eigenvalue weighted by atomic mass is 9.88. The monoisotopic (exact) mass is 337 g/mol. The van der Waals surface area contributed by atoms with Gasteiger partial charge < -0.3 is 10.3 Å². The molecule has 118 valence electrons. The van der Waals surface area contributed by atoms with E-state index in [0.29, 0.717) is 12.2 Å². The van der Waals surface area contributed by atoms with Crippen LogP contribution in [-0.2, 0) is 12.8 Å². The molecule has 0 aliphatic carbocycles. The van der Waals surface area contributed by atoms with Crippen LogP contribution in [0.15, 0.2) is 4.34 Å². The maximum Gasteiger partial charge on any atom is 0.271 e. The number of nitrogens with zero attached hydrogens (tertiary/aromatic N) is 3. The summed E-state index contributed by atoms with van der Waals surface area (Å²) in [6.45, 7) is 6.93. The van der Waals surface area contributed by atoms with E-state index in [1.165, 1.54) is 0 Å². The van der Waals surface area contributed by atoms with Crippen LogP contribution in [0.1, 0.15) is 40.9 Å². The lowest BCUT2D eigenvalue weighted by Gasteiger charge is -2.21. The second-order valence-electron chi connectivity index (χ2n) is 6.22. The van der Waals surface area contributed by atoms with E-state index in [0.717, 1.165) is 39.5 Å². The summed E-state index contributed by atoms with van der Waals surface area (Å²) >= 11 is 3.27. The number of amides is 1. The molecule has 0 fully saturated rings. The lowest BCUT2D eigenvalue weighted by molar-refractivity contribution is 0.0940. The predicted molar refractivity (Wildman–Crippen MR) is 87.5 cm³/mol. The van der Waals surface area contributed by atoms with Crippen molar-refractivity contribution in [3.8, 4) is 0 Å². The van der Waals surface area contributed by atoms with Crippen molar-refractivity contribution in [1.29, 1.82) is 0 Å². The number of nitrogens with one attached hydrogen (secondary N) is 2. The van der Waals surface area contributed by atoms with Gasteiger partial charge in [-0.1, -0.05) is 36.9 Å². The van der Waals surface area contributed by atoms with Crippen LogP contribution in [0.2, 0.25) is 0 Å². The molecule has 8 heteroatoms.